The van der Waals surface area contributed by atoms with Crippen molar-refractivity contribution in [1.29, 1.82) is 0 Å². The molecule has 0 radical (unpaired) electrons. The van der Waals surface area contributed by atoms with Crippen molar-refractivity contribution >= 4 is 22.0 Å². The second kappa shape index (κ2) is 8.12. The van der Waals surface area contributed by atoms with E-state index in [9.17, 15) is 13.2 Å². The average Bonchev–Trinajstić information content (AvgIpc) is 3.31. The van der Waals surface area contributed by atoms with Crippen LogP contribution < -0.4 is 4.31 Å². The number of benzene rings is 1. The molecule has 4 rings (SSSR count). The molecule has 0 spiro atoms. The van der Waals surface area contributed by atoms with E-state index in [0.717, 1.165) is 11.1 Å². The molecule has 2 aliphatic heterocycles. The largest absolute Gasteiger partial charge is 0.444 e. The summed E-state index contributed by atoms with van der Waals surface area (Å²) < 4.78 is 35.1. The Labute approximate surface area is 183 Å². The number of rotatable bonds is 3. The van der Waals surface area contributed by atoms with Crippen molar-refractivity contribution < 1.29 is 17.9 Å². The monoisotopic (exact) mass is 444 g/mol. The Balaban J connectivity index is 1.49. The minimum atomic E-state index is -3.68. The average molecular weight is 445 g/mol. The van der Waals surface area contributed by atoms with E-state index in [1.165, 1.54) is 8.61 Å². The van der Waals surface area contributed by atoms with Crippen LogP contribution in [0.15, 0.2) is 48.8 Å². The fourth-order valence-corrected chi connectivity index (χ4v) is 5.83. The summed E-state index contributed by atoms with van der Waals surface area (Å²) in [6, 6.07) is 11.0. The Morgan fingerprint density at radius 2 is 1.87 bits per heavy atom. The van der Waals surface area contributed by atoms with Crippen LogP contribution in [0.3, 0.4) is 0 Å². The first-order valence-electron chi connectivity index (χ1n) is 10.4. The number of pyridine rings is 1. The Hall–Kier alpha value is -2.65. The van der Waals surface area contributed by atoms with Crippen LogP contribution in [0, 0.1) is 0 Å². The van der Waals surface area contributed by atoms with Crippen LogP contribution >= 0.6 is 0 Å². The third-order valence-corrected chi connectivity index (χ3v) is 7.47. The van der Waals surface area contributed by atoms with E-state index in [2.05, 4.69) is 4.98 Å². The number of amides is 1. The number of carbonyl (C=O) groups excluding carboxylic acids is 1. The van der Waals surface area contributed by atoms with Crippen molar-refractivity contribution in [2.45, 2.75) is 38.8 Å². The molecule has 1 atom stereocenters. The summed E-state index contributed by atoms with van der Waals surface area (Å²) in [5, 5.41) is 0. The molecule has 0 aliphatic carbocycles. The molecule has 8 nitrogen and oxygen atoms in total. The molecule has 0 unspecified atom stereocenters. The minimum Gasteiger partial charge on any atom is -0.444 e. The summed E-state index contributed by atoms with van der Waals surface area (Å²) in [6.45, 7) is 7.07. The number of hydrogen-bond donors (Lipinski definition) is 0. The minimum absolute atomic E-state index is 0.246. The SMILES string of the molecule is CC(C)(C)OC(=O)N1CC[C@H](N2CCN(c3cccc(-c4cccnc4)c3)S2(=O)=O)C1. The topological polar surface area (TPSA) is 83.1 Å². The third kappa shape index (κ3) is 4.52. The molecule has 31 heavy (non-hydrogen) atoms. The van der Waals surface area contributed by atoms with Gasteiger partial charge in [-0.1, -0.05) is 18.2 Å². The Morgan fingerprint density at radius 1 is 1.10 bits per heavy atom. The van der Waals surface area contributed by atoms with Crippen molar-refractivity contribution in [3.8, 4) is 11.1 Å². The van der Waals surface area contributed by atoms with Gasteiger partial charge in [-0.2, -0.15) is 12.7 Å². The predicted octanol–water partition coefficient (Wildman–Crippen LogP) is 3.12. The van der Waals surface area contributed by atoms with Crippen LogP contribution in [0.1, 0.15) is 27.2 Å². The first-order chi connectivity index (χ1) is 14.6. The first kappa shape index (κ1) is 21.6. The summed E-state index contributed by atoms with van der Waals surface area (Å²) in [4.78, 5) is 18.1. The fourth-order valence-electron chi connectivity index (χ4n) is 4.02. The van der Waals surface area contributed by atoms with E-state index in [1.807, 2.05) is 57.2 Å². The van der Waals surface area contributed by atoms with Crippen LogP contribution in [0.4, 0.5) is 10.5 Å². The number of nitrogens with zero attached hydrogens (tertiary/aromatic N) is 4. The van der Waals surface area contributed by atoms with E-state index < -0.39 is 21.9 Å². The number of anilines is 1. The molecular weight excluding hydrogens is 416 g/mol. The molecule has 1 amide bonds. The summed E-state index contributed by atoms with van der Waals surface area (Å²) >= 11 is 0. The predicted molar refractivity (Wildman–Crippen MR) is 119 cm³/mol. The molecular formula is C22H28N4O4S. The quantitative estimate of drug-likeness (QED) is 0.726. The standard InChI is InChI=1S/C22H28N4O4S/c1-22(2,3)30-21(27)24-11-9-20(16-24)26-13-12-25(31(26,28)29)19-8-4-6-17(14-19)18-7-5-10-23-15-18/h4-8,10,14-15,20H,9,11-13,16H2,1-3H3/t20-/m0/s1. The van der Waals surface area contributed by atoms with Gasteiger partial charge < -0.3 is 9.64 Å². The number of hydrogen-bond acceptors (Lipinski definition) is 5. The maximum atomic E-state index is 13.3. The lowest BCUT2D eigenvalue weighted by Crippen LogP contribution is -2.43. The van der Waals surface area contributed by atoms with Gasteiger partial charge in [0.1, 0.15) is 5.60 Å². The van der Waals surface area contributed by atoms with E-state index in [-0.39, 0.29) is 6.04 Å². The van der Waals surface area contributed by atoms with Gasteiger partial charge in [0.25, 0.3) is 0 Å². The Morgan fingerprint density at radius 3 is 2.58 bits per heavy atom. The summed E-state index contributed by atoms with van der Waals surface area (Å²) in [7, 11) is -3.68. The second-order valence-corrected chi connectivity index (χ2v) is 10.7. The molecule has 1 aromatic carbocycles. The van der Waals surface area contributed by atoms with Crippen molar-refractivity contribution in [1.82, 2.24) is 14.2 Å². The lowest BCUT2D eigenvalue weighted by atomic mass is 10.1. The third-order valence-electron chi connectivity index (χ3n) is 5.45. The molecule has 0 saturated carbocycles. The molecule has 2 fully saturated rings. The van der Waals surface area contributed by atoms with Crippen LogP contribution in [0.25, 0.3) is 11.1 Å². The zero-order valence-electron chi connectivity index (χ0n) is 18.1. The highest BCUT2D eigenvalue weighted by Gasteiger charge is 2.44. The molecule has 2 aromatic rings. The van der Waals surface area contributed by atoms with Crippen LogP contribution in [-0.4, -0.2) is 66.5 Å². The normalized spacial score (nSPS) is 21.5. The van der Waals surface area contributed by atoms with Gasteiger partial charge >= 0.3 is 16.3 Å². The van der Waals surface area contributed by atoms with Crippen molar-refractivity contribution in [2.24, 2.45) is 0 Å². The Bertz CT molecular complexity index is 1050. The number of ether oxygens (including phenoxy) is 1. The second-order valence-electron chi connectivity index (χ2n) is 8.85. The highest BCUT2D eigenvalue weighted by atomic mass is 32.2. The molecule has 3 heterocycles. The maximum Gasteiger partial charge on any atom is 0.410 e. The highest BCUT2D eigenvalue weighted by molar-refractivity contribution is 7.90. The van der Waals surface area contributed by atoms with Gasteiger partial charge in [-0.25, -0.2) is 4.79 Å². The van der Waals surface area contributed by atoms with Gasteiger partial charge in [-0.05, 0) is 51.0 Å². The lowest BCUT2D eigenvalue weighted by Gasteiger charge is -2.26. The van der Waals surface area contributed by atoms with E-state index in [0.29, 0.717) is 38.3 Å². The zero-order chi connectivity index (χ0) is 22.2. The van der Waals surface area contributed by atoms with E-state index in [4.69, 9.17) is 4.74 Å². The number of likely N-dealkylation sites (tertiary alicyclic amines) is 1. The van der Waals surface area contributed by atoms with Gasteiger partial charge in [0.2, 0.25) is 0 Å². The van der Waals surface area contributed by atoms with Crippen LogP contribution in [0.2, 0.25) is 0 Å². The molecule has 2 aliphatic rings. The van der Waals surface area contributed by atoms with Crippen molar-refractivity contribution in [3.63, 3.8) is 0 Å². The van der Waals surface area contributed by atoms with Gasteiger partial charge in [-0.15, -0.1) is 0 Å². The smallest absolute Gasteiger partial charge is 0.410 e. The highest BCUT2D eigenvalue weighted by Crippen LogP contribution is 2.32. The Kier molecular flexibility index (Phi) is 5.65. The van der Waals surface area contributed by atoms with Gasteiger partial charge in [0.05, 0.1) is 5.69 Å². The maximum absolute atomic E-state index is 13.3. The van der Waals surface area contributed by atoms with Crippen molar-refractivity contribution in [2.75, 3.05) is 30.5 Å². The number of carbonyl (C=O) groups is 1. The molecule has 1 aromatic heterocycles. The lowest BCUT2D eigenvalue weighted by molar-refractivity contribution is 0.0287. The zero-order valence-corrected chi connectivity index (χ0v) is 18.9. The van der Waals surface area contributed by atoms with Gasteiger partial charge in [0.15, 0.2) is 0 Å². The molecule has 0 N–H and O–H groups in total. The van der Waals surface area contributed by atoms with Crippen molar-refractivity contribution in [3.05, 3.63) is 48.8 Å². The fraction of sp³-hybridized carbons (Fsp3) is 0.455. The first-order valence-corrected chi connectivity index (χ1v) is 11.8. The van der Waals surface area contributed by atoms with E-state index >= 15 is 0 Å². The van der Waals surface area contributed by atoms with E-state index in [1.54, 1.807) is 17.3 Å². The summed E-state index contributed by atoms with van der Waals surface area (Å²) in [5.41, 5.74) is 1.90. The summed E-state index contributed by atoms with van der Waals surface area (Å²) in [6.07, 6.45) is 3.67. The van der Waals surface area contributed by atoms with Gasteiger partial charge in [-0.3, -0.25) is 9.29 Å². The molecule has 0 bridgehead atoms. The molecule has 2 saturated heterocycles. The summed E-state index contributed by atoms with van der Waals surface area (Å²) in [5.74, 6) is 0. The molecule has 166 valence electrons. The number of aromatic nitrogens is 1. The van der Waals surface area contributed by atoms with Crippen LogP contribution in [0.5, 0.6) is 0 Å². The van der Waals surface area contributed by atoms with Gasteiger partial charge in [0, 0.05) is 50.2 Å². The molecule has 9 heteroatoms. The van der Waals surface area contributed by atoms with Crippen LogP contribution in [-0.2, 0) is 14.9 Å².